The summed E-state index contributed by atoms with van der Waals surface area (Å²) in [6.07, 6.45) is 2.84. The molecule has 0 spiro atoms. The van der Waals surface area contributed by atoms with Crippen LogP contribution in [0.3, 0.4) is 0 Å². The number of hydrogen-bond acceptors (Lipinski definition) is 3. The molecule has 3 rings (SSSR count). The molecule has 0 aliphatic carbocycles. The van der Waals surface area contributed by atoms with Gasteiger partial charge in [-0.1, -0.05) is 24.3 Å². The number of aromatic nitrogens is 1. The molecule has 0 saturated carbocycles. The topological polar surface area (TPSA) is 34.1 Å². The number of benzene rings is 1. The van der Waals surface area contributed by atoms with Crippen molar-refractivity contribution in [2.45, 2.75) is 25.9 Å². The predicted molar refractivity (Wildman–Crippen MR) is 75.1 cm³/mol. The van der Waals surface area contributed by atoms with Gasteiger partial charge in [-0.25, -0.2) is 0 Å². The number of nitrogens with one attached hydrogen (secondary N) is 1. The van der Waals surface area contributed by atoms with E-state index in [0.29, 0.717) is 6.04 Å². The summed E-state index contributed by atoms with van der Waals surface area (Å²) in [5, 5.41) is 3.58. The van der Waals surface area contributed by atoms with Crippen LogP contribution < -0.4 is 10.1 Å². The van der Waals surface area contributed by atoms with Crippen molar-refractivity contribution in [2.75, 3.05) is 6.61 Å². The zero-order valence-corrected chi connectivity index (χ0v) is 11.1. The summed E-state index contributed by atoms with van der Waals surface area (Å²) in [4.78, 5) is 4.34. The van der Waals surface area contributed by atoms with E-state index >= 15 is 0 Å². The van der Waals surface area contributed by atoms with E-state index in [4.69, 9.17) is 4.74 Å². The summed E-state index contributed by atoms with van der Waals surface area (Å²) < 4.78 is 5.78. The Kier molecular flexibility index (Phi) is 3.47. The van der Waals surface area contributed by atoms with Gasteiger partial charge in [-0.2, -0.15) is 0 Å². The first-order valence-electron chi connectivity index (χ1n) is 6.70. The van der Waals surface area contributed by atoms with Crippen LogP contribution in [0.1, 0.15) is 29.3 Å². The number of hydrogen-bond donors (Lipinski definition) is 1. The van der Waals surface area contributed by atoms with Crippen LogP contribution in [-0.2, 0) is 6.54 Å². The van der Waals surface area contributed by atoms with Gasteiger partial charge in [0.2, 0.25) is 0 Å². The summed E-state index contributed by atoms with van der Waals surface area (Å²) in [6, 6.07) is 12.7. The van der Waals surface area contributed by atoms with Crippen molar-refractivity contribution in [2.24, 2.45) is 0 Å². The van der Waals surface area contributed by atoms with Gasteiger partial charge in [0.05, 0.1) is 12.3 Å². The summed E-state index contributed by atoms with van der Waals surface area (Å²) in [6.45, 7) is 3.66. The smallest absolute Gasteiger partial charge is 0.126 e. The van der Waals surface area contributed by atoms with E-state index in [1.54, 1.807) is 0 Å². The first-order valence-corrected chi connectivity index (χ1v) is 6.70. The molecule has 98 valence electrons. The van der Waals surface area contributed by atoms with Gasteiger partial charge in [0.15, 0.2) is 0 Å². The highest BCUT2D eigenvalue weighted by atomic mass is 16.5. The molecule has 3 heteroatoms. The zero-order valence-electron chi connectivity index (χ0n) is 11.1. The van der Waals surface area contributed by atoms with Gasteiger partial charge in [0.25, 0.3) is 0 Å². The lowest BCUT2D eigenvalue weighted by Crippen LogP contribution is -2.27. The Morgan fingerprint density at radius 2 is 2.21 bits per heavy atom. The summed E-state index contributed by atoms with van der Waals surface area (Å²) >= 11 is 0. The van der Waals surface area contributed by atoms with Crippen molar-refractivity contribution in [1.82, 2.24) is 10.3 Å². The number of aryl methyl sites for hydroxylation is 1. The maximum absolute atomic E-state index is 5.78. The number of ether oxygens (including phenoxy) is 1. The van der Waals surface area contributed by atoms with Crippen molar-refractivity contribution in [1.29, 1.82) is 0 Å². The van der Waals surface area contributed by atoms with Crippen molar-refractivity contribution >= 4 is 0 Å². The van der Waals surface area contributed by atoms with E-state index in [-0.39, 0.29) is 0 Å². The molecule has 0 radical (unpaired) electrons. The third kappa shape index (κ3) is 2.61. The van der Waals surface area contributed by atoms with Gasteiger partial charge in [0.1, 0.15) is 5.75 Å². The molecule has 2 heterocycles. The van der Waals surface area contributed by atoms with E-state index in [2.05, 4.69) is 35.4 Å². The van der Waals surface area contributed by atoms with E-state index in [1.165, 1.54) is 11.1 Å². The Balaban J connectivity index is 1.75. The maximum Gasteiger partial charge on any atom is 0.126 e. The van der Waals surface area contributed by atoms with Crippen LogP contribution in [0.5, 0.6) is 5.75 Å². The van der Waals surface area contributed by atoms with E-state index in [0.717, 1.165) is 31.0 Å². The van der Waals surface area contributed by atoms with Gasteiger partial charge in [0, 0.05) is 30.8 Å². The van der Waals surface area contributed by atoms with Gasteiger partial charge >= 0.3 is 0 Å². The van der Waals surface area contributed by atoms with Crippen LogP contribution in [-0.4, -0.2) is 11.6 Å². The fourth-order valence-corrected chi connectivity index (χ4v) is 2.52. The Bertz CT molecular complexity index is 554. The van der Waals surface area contributed by atoms with Gasteiger partial charge in [-0.3, -0.25) is 4.98 Å². The molecule has 1 N–H and O–H groups in total. The second-order valence-corrected chi connectivity index (χ2v) is 4.88. The van der Waals surface area contributed by atoms with E-state index in [1.807, 2.05) is 24.4 Å². The number of fused-ring (bicyclic) bond motifs is 1. The second kappa shape index (κ2) is 5.41. The van der Waals surface area contributed by atoms with Crippen LogP contribution in [0.4, 0.5) is 0 Å². The quantitative estimate of drug-likeness (QED) is 0.914. The minimum absolute atomic E-state index is 0.352. The van der Waals surface area contributed by atoms with Crippen LogP contribution in [0.2, 0.25) is 0 Å². The molecule has 1 aromatic carbocycles. The molecule has 1 aliphatic heterocycles. The van der Waals surface area contributed by atoms with Crippen LogP contribution in [0, 0.1) is 6.92 Å². The minimum Gasteiger partial charge on any atom is -0.493 e. The zero-order chi connectivity index (χ0) is 13.1. The van der Waals surface area contributed by atoms with Crippen LogP contribution in [0.15, 0.2) is 42.6 Å². The summed E-state index contributed by atoms with van der Waals surface area (Å²) in [5.41, 5.74) is 3.55. The van der Waals surface area contributed by atoms with Crippen molar-refractivity contribution < 1.29 is 4.74 Å². The molecule has 0 fully saturated rings. The normalized spacial score (nSPS) is 17.6. The molecule has 0 amide bonds. The van der Waals surface area contributed by atoms with E-state index < -0.39 is 0 Å². The highest BCUT2D eigenvalue weighted by Crippen LogP contribution is 2.34. The maximum atomic E-state index is 5.78. The number of para-hydroxylation sites is 1. The first-order chi connectivity index (χ1) is 9.34. The number of nitrogens with zero attached hydrogens (tertiary/aromatic N) is 1. The van der Waals surface area contributed by atoms with Crippen LogP contribution in [0.25, 0.3) is 0 Å². The molecule has 0 bridgehead atoms. The fourth-order valence-electron chi connectivity index (χ4n) is 2.52. The molecule has 1 unspecified atom stereocenters. The fraction of sp³-hybridized carbons (Fsp3) is 0.312. The Morgan fingerprint density at radius 3 is 3.05 bits per heavy atom. The van der Waals surface area contributed by atoms with Crippen LogP contribution >= 0.6 is 0 Å². The Labute approximate surface area is 113 Å². The predicted octanol–water partition coefficient (Wildman–Crippen LogP) is 3.00. The lowest BCUT2D eigenvalue weighted by atomic mass is 9.98. The lowest BCUT2D eigenvalue weighted by Gasteiger charge is -2.27. The third-order valence-corrected chi connectivity index (χ3v) is 3.53. The molecule has 3 nitrogen and oxygen atoms in total. The summed E-state index contributed by atoms with van der Waals surface area (Å²) in [7, 11) is 0. The SMILES string of the molecule is Cc1cccc2c1OCCC2NCc1ccccn1. The van der Waals surface area contributed by atoms with E-state index in [9.17, 15) is 0 Å². The van der Waals surface area contributed by atoms with Crippen molar-refractivity contribution in [3.05, 3.63) is 59.4 Å². The molecule has 19 heavy (non-hydrogen) atoms. The average Bonchev–Trinajstić information content (AvgIpc) is 2.47. The average molecular weight is 254 g/mol. The Morgan fingerprint density at radius 1 is 1.26 bits per heavy atom. The van der Waals surface area contributed by atoms with Crippen molar-refractivity contribution in [3.8, 4) is 5.75 Å². The molecular formula is C16H18N2O. The van der Waals surface area contributed by atoms with Gasteiger partial charge < -0.3 is 10.1 Å². The molecule has 1 aromatic heterocycles. The minimum atomic E-state index is 0.352. The monoisotopic (exact) mass is 254 g/mol. The first kappa shape index (κ1) is 12.2. The highest BCUT2D eigenvalue weighted by Gasteiger charge is 2.21. The number of pyridine rings is 1. The number of rotatable bonds is 3. The summed E-state index contributed by atoms with van der Waals surface area (Å²) in [5.74, 6) is 1.05. The molecular weight excluding hydrogens is 236 g/mol. The molecule has 2 aromatic rings. The second-order valence-electron chi connectivity index (χ2n) is 4.88. The largest absolute Gasteiger partial charge is 0.493 e. The van der Waals surface area contributed by atoms with Gasteiger partial charge in [-0.05, 0) is 24.6 Å². The molecule has 0 saturated heterocycles. The lowest BCUT2D eigenvalue weighted by molar-refractivity contribution is 0.250. The van der Waals surface area contributed by atoms with Crippen molar-refractivity contribution in [3.63, 3.8) is 0 Å². The molecule has 1 atom stereocenters. The standard InChI is InChI=1S/C16H18N2O/c1-12-5-4-7-14-15(8-10-19-16(12)14)18-11-13-6-2-3-9-17-13/h2-7,9,15,18H,8,10-11H2,1H3. The molecule has 1 aliphatic rings. The van der Waals surface area contributed by atoms with Gasteiger partial charge in [-0.15, -0.1) is 0 Å². The highest BCUT2D eigenvalue weighted by molar-refractivity contribution is 5.43. The Hall–Kier alpha value is -1.87. The third-order valence-electron chi connectivity index (χ3n) is 3.53.